The molecule has 3 nitrogen and oxygen atoms in total. The number of nitrogens with zero attached hydrogens (tertiary/aromatic N) is 1. The Balaban J connectivity index is 1.74. The van der Waals surface area contributed by atoms with Crippen LogP contribution in [0.15, 0.2) is 24.4 Å². The van der Waals surface area contributed by atoms with Gasteiger partial charge in [0.25, 0.3) is 0 Å². The predicted octanol–water partition coefficient (Wildman–Crippen LogP) is 2.01. The third-order valence-electron chi connectivity index (χ3n) is 3.13. The highest BCUT2D eigenvalue weighted by Gasteiger charge is 2.17. The Kier molecular flexibility index (Phi) is 3.56. The van der Waals surface area contributed by atoms with E-state index in [-0.39, 0.29) is 0 Å². The molecule has 1 aliphatic carbocycles. The molecule has 1 saturated carbocycles. The van der Waals surface area contributed by atoms with Gasteiger partial charge < -0.3 is 11.1 Å². The Bertz CT molecular complexity index is 278. The molecule has 0 saturated heterocycles. The van der Waals surface area contributed by atoms with Gasteiger partial charge >= 0.3 is 0 Å². The van der Waals surface area contributed by atoms with Crippen molar-refractivity contribution in [2.75, 3.05) is 11.9 Å². The van der Waals surface area contributed by atoms with Crippen molar-refractivity contribution in [3.8, 4) is 0 Å². The van der Waals surface area contributed by atoms with Crippen LogP contribution in [-0.2, 0) is 0 Å². The van der Waals surface area contributed by atoms with Crippen LogP contribution >= 0.6 is 0 Å². The Morgan fingerprint density at radius 2 is 2.07 bits per heavy atom. The lowest BCUT2D eigenvalue weighted by atomic mass is 9.86. The SMILES string of the molecule is NC1CCC(CNc2ccccn2)CC1. The average molecular weight is 205 g/mol. The molecule has 1 aromatic rings. The van der Waals surface area contributed by atoms with Gasteiger partial charge in [-0.25, -0.2) is 4.98 Å². The van der Waals surface area contributed by atoms with Gasteiger partial charge in [-0.05, 0) is 43.7 Å². The van der Waals surface area contributed by atoms with Gasteiger partial charge in [0.05, 0.1) is 0 Å². The zero-order valence-corrected chi connectivity index (χ0v) is 9.02. The summed E-state index contributed by atoms with van der Waals surface area (Å²) >= 11 is 0. The van der Waals surface area contributed by atoms with E-state index in [4.69, 9.17) is 5.73 Å². The summed E-state index contributed by atoms with van der Waals surface area (Å²) in [7, 11) is 0. The van der Waals surface area contributed by atoms with Crippen molar-refractivity contribution in [1.82, 2.24) is 4.98 Å². The van der Waals surface area contributed by atoms with Gasteiger partial charge in [0.2, 0.25) is 0 Å². The molecule has 0 radical (unpaired) electrons. The van der Waals surface area contributed by atoms with Crippen LogP contribution in [0.1, 0.15) is 25.7 Å². The Morgan fingerprint density at radius 1 is 1.27 bits per heavy atom. The number of pyridine rings is 1. The van der Waals surface area contributed by atoms with Crippen molar-refractivity contribution in [2.24, 2.45) is 11.7 Å². The predicted molar refractivity (Wildman–Crippen MR) is 62.7 cm³/mol. The van der Waals surface area contributed by atoms with Gasteiger partial charge in [-0.1, -0.05) is 6.07 Å². The van der Waals surface area contributed by atoms with Crippen LogP contribution in [-0.4, -0.2) is 17.6 Å². The van der Waals surface area contributed by atoms with Gasteiger partial charge in [-0.2, -0.15) is 0 Å². The van der Waals surface area contributed by atoms with E-state index >= 15 is 0 Å². The number of hydrogen-bond acceptors (Lipinski definition) is 3. The first-order chi connectivity index (χ1) is 7.34. The summed E-state index contributed by atoms with van der Waals surface area (Å²) in [5.74, 6) is 1.75. The molecule has 1 fully saturated rings. The third kappa shape index (κ3) is 3.20. The molecule has 0 spiro atoms. The lowest BCUT2D eigenvalue weighted by molar-refractivity contribution is 0.338. The molecule has 1 aromatic heterocycles. The highest BCUT2D eigenvalue weighted by molar-refractivity contribution is 5.32. The summed E-state index contributed by atoms with van der Waals surface area (Å²) in [6, 6.07) is 6.39. The first kappa shape index (κ1) is 10.4. The molecular formula is C12H19N3. The van der Waals surface area contributed by atoms with E-state index in [2.05, 4.69) is 10.3 Å². The molecule has 3 heteroatoms. The molecule has 0 amide bonds. The van der Waals surface area contributed by atoms with Crippen LogP contribution in [0, 0.1) is 5.92 Å². The number of rotatable bonds is 3. The lowest BCUT2D eigenvalue weighted by Crippen LogP contribution is -2.29. The van der Waals surface area contributed by atoms with Crippen molar-refractivity contribution in [3.63, 3.8) is 0 Å². The number of hydrogen-bond donors (Lipinski definition) is 2. The fourth-order valence-electron chi connectivity index (χ4n) is 2.11. The zero-order valence-electron chi connectivity index (χ0n) is 9.02. The van der Waals surface area contributed by atoms with Gasteiger partial charge in [0.15, 0.2) is 0 Å². The molecule has 3 N–H and O–H groups in total. The van der Waals surface area contributed by atoms with Crippen molar-refractivity contribution < 1.29 is 0 Å². The summed E-state index contributed by atoms with van der Waals surface area (Å²) in [5, 5.41) is 3.38. The fourth-order valence-corrected chi connectivity index (χ4v) is 2.11. The Morgan fingerprint density at radius 3 is 2.73 bits per heavy atom. The van der Waals surface area contributed by atoms with Crippen LogP contribution in [0.2, 0.25) is 0 Å². The number of aromatic nitrogens is 1. The largest absolute Gasteiger partial charge is 0.370 e. The molecule has 0 aliphatic heterocycles. The monoisotopic (exact) mass is 205 g/mol. The van der Waals surface area contributed by atoms with Crippen molar-refractivity contribution >= 4 is 5.82 Å². The number of anilines is 1. The fraction of sp³-hybridized carbons (Fsp3) is 0.583. The maximum atomic E-state index is 5.87. The summed E-state index contributed by atoms with van der Waals surface area (Å²) in [4.78, 5) is 4.24. The summed E-state index contributed by atoms with van der Waals surface area (Å²) < 4.78 is 0. The summed E-state index contributed by atoms with van der Waals surface area (Å²) in [6.45, 7) is 1.03. The zero-order chi connectivity index (χ0) is 10.5. The molecule has 15 heavy (non-hydrogen) atoms. The van der Waals surface area contributed by atoms with E-state index in [9.17, 15) is 0 Å². The Labute approximate surface area is 91.1 Å². The van der Waals surface area contributed by atoms with Gasteiger partial charge in [0, 0.05) is 18.8 Å². The highest BCUT2D eigenvalue weighted by atomic mass is 15.0. The average Bonchev–Trinajstić information content (AvgIpc) is 2.30. The van der Waals surface area contributed by atoms with E-state index in [1.54, 1.807) is 0 Å². The first-order valence-electron chi connectivity index (χ1n) is 5.75. The third-order valence-corrected chi connectivity index (χ3v) is 3.13. The molecule has 1 aliphatic rings. The molecule has 0 aromatic carbocycles. The minimum absolute atomic E-state index is 0.441. The quantitative estimate of drug-likeness (QED) is 0.793. The number of nitrogens with one attached hydrogen (secondary N) is 1. The summed E-state index contributed by atoms with van der Waals surface area (Å²) in [5.41, 5.74) is 5.87. The van der Waals surface area contributed by atoms with E-state index in [1.165, 1.54) is 25.7 Å². The molecule has 0 unspecified atom stereocenters. The van der Waals surface area contributed by atoms with Crippen LogP contribution < -0.4 is 11.1 Å². The first-order valence-corrected chi connectivity index (χ1v) is 5.75. The van der Waals surface area contributed by atoms with Crippen LogP contribution in [0.5, 0.6) is 0 Å². The van der Waals surface area contributed by atoms with Crippen molar-refractivity contribution in [2.45, 2.75) is 31.7 Å². The van der Waals surface area contributed by atoms with Crippen LogP contribution in [0.3, 0.4) is 0 Å². The molecule has 2 rings (SSSR count). The van der Waals surface area contributed by atoms with Gasteiger partial charge in [0.1, 0.15) is 5.82 Å². The van der Waals surface area contributed by atoms with Crippen molar-refractivity contribution in [1.29, 1.82) is 0 Å². The topological polar surface area (TPSA) is 50.9 Å². The highest BCUT2D eigenvalue weighted by Crippen LogP contribution is 2.23. The maximum Gasteiger partial charge on any atom is 0.125 e. The second-order valence-electron chi connectivity index (χ2n) is 4.38. The summed E-state index contributed by atoms with van der Waals surface area (Å²) in [6.07, 6.45) is 6.67. The van der Waals surface area contributed by atoms with Gasteiger partial charge in [-0.15, -0.1) is 0 Å². The maximum absolute atomic E-state index is 5.87. The van der Waals surface area contributed by atoms with Crippen molar-refractivity contribution in [3.05, 3.63) is 24.4 Å². The van der Waals surface area contributed by atoms with E-state index < -0.39 is 0 Å². The van der Waals surface area contributed by atoms with Crippen LogP contribution in [0.4, 0.5) is 5.82 Å². The smallest absolute Gasteiger partial charge is 0.125 e. The molecular weight excluding hydrogens is 186 g/mol. The van der Waals surface area contributed by atoms with E-state index in [0.29, 0.717) is 6.04 Å². The molecule has 0 atom stereocenters. The second-order valence-corrected chi connectivity index (χ2v) is 4.38. The minimum Gasteiger partial charge on any atom is -0.370 e. The standard InChI is InChI=1S/C12H19N3/c13-11-6-4-10(5-7-11)9-15-12-3-1-2-8-14-12/h1-3,8,10-11H,4-7,9,13H2,(H,14,15). The second kappa shape index (κ2) is 5.12. The molecule has 0 bridgehead atoms. The van der Waals surface area contributed by atoms with Crippen LogP contribution in [0.25, 0.3) is 0 Å². The molecule has 82 valence electrons. The minimum atomic E-state index is 0.441. The Hall–Kier alpha value is -1.09. The normalized spacial score (nSPS) is 26.2. The van der Waals surface area contributed by atoms with E-state index in [1.807, 2.05) is 24.4 Å². The van der Waals surface area contributed by atoms with E-state index in [0.717, 1.165) is 18.3 Å². The lowest BCUT2D eigenvalue weighted by Gasteiger charge is -2.26. The molecule has 1 heterocycles. The number of nitrogens with two attached hydrogens (primary N) is 1. The van der Waals surface area contributed by atoms with Gasteiger partial charge in [-0.3, -0.25) is 0 Å².